The quantitative estimate of drug-likeness (QED) is 0.692. The Bertz CT molecular complexity index is 696. The van der Waals surface area contributed by atoms with Crippen LogP contribution in [0.25, 0.3) is 0 Å². The second-order valence-electron chi connectivity index (χ2n) is 4.88. The van der Waals surface area contributed by atoms with Gasteiger partial charge < -0.3 is 5.32 Å². The highest BCUT2D eigenvalue weighted by Crippen LogP contribution is 2.21. The first-order valence-electron chi connectivity index (χ1n) is 6.57. The Balaban J connectivity index is 2.14. The highest BCUT2D eigenvalue weighted by molar-refractivity contribution is 5.96. The van der Waals surface area contributed by atoms with E-state index in [4.69, 9.17) is 0 Å². The normalized spacial score (nSPS) is 10.2. The first kappa shape index (κ1) is 14.7. The molecule has 0 saturated carbocycles. The van der Waals surface area contributed by atoms with E-state index >= 15 is 0 Å². The van der Waals surface area contributed by atoms with E-state index in [0.29, 0.717) is 17.7 Å². The maximum atomic E-state index is 12.2. The van der Waals surface area contributed by atoms with Gasteiger partial charge in [-0.2, -0.15) is 0 Å². The van der Waals surface area contributed by atoms with E-state index in [0.717, 1.165) is 11.1 Å². The molecule has 2 rings (SSSR count). The summed E-state index contributed by atoms with van der Waals surface area (Å²) >= 11 is 0. The molecule has 0 saturated heterocycles. The first-order valence-corrected chi connectivity index (χ1v) is 6.57. The summed E-state index contributed by atoms with van der Waals surface area (Å²) in [7, 11) is 0. The lowest BCUT2D eigenvalue weighted by molar-refractivity contribution is -0.385. The molecule has 1 amide bonds. The lowest BCUT2D eigenvalue weighted by atomic mass is 10.1. The number of hydrogen-bond acceptors (Lipinski definition) is 3. The molecule has 0 atom stereocenters. The molecule has 0 spiro atoms. The van der Waals surface area contributed by atoms with Gasteiger partial charge in [0.15, 0.2) is 0 Å². The van der Waals surface area contributed by atoms with Gasteiger partial charge in [0.25, 0.3) is 11.6 Å². The fourth-order valence-electron chi connectivity index (χ4n) is 2.17. The third-order valence-corrected chi connectivity index (χ3v) is 3.28. The fourth-order valence-corrected chi connectivity index (χ4v) is 2.17. The van der Waals surface area contributed by atoms with E-state index in [2.05, 4.69) is 5.32 Å². The Morgan fingerprint density at radius 3 is 2.57 bits per heavy atom. The summed E-state index contributed by atoms with van der Waals surface area (Å²) < 4.78 is 0. The summed E-state index contributed by atoms with van der Waals surface area (Å²) in [6, 6.07) is 12.3. The van der Waals surface area contributed by atoms with Gasteiger partial charge in [0.1, 0.15) is 0 Å². The van der Waals surface area contributed by atoms with Crippen molar-refractivity contribution in [1.82, 2.24) is 5.32 Å². The minimum absolute atomic E-state index is 0.0433. The number of nitrogens with zero attached hydrogens (tertiary/aromatic N) is 1. The summed E-state index contributed by atoms with van der Waals surface area (Å²) in [5, 5.41) is 13.7. The van der Waals surface area contributed by atoms with Gasteiger partial charge in [-0.25, -0.2) is 0 Å². The summed E-state index contributed by atoms with van der Waals surface area (Å²) in [6.45, 7) is 3.96. The number of carbonyl (C=O) groups excluding carboxylic acids is 1. The molecular weight excluding hydrogens is 268 g/mol. The topological polar surface area (TPSA) is 72.2 Å². The zero-order valence-electron chi connectivity index (χ0n) is 11.9. The molecule has 2 aromatic rings. The van der Waals surface area contributed by atoms with Crippen molar-refractivity contribution in [2.45, 2.75) is 20.4 Å². The predicted molar refractivity (Wildman–Crippen MR) is 80.2 cm³/mol. The van der Waals surface area contributed by atoms with Crippen molar-refractivity contribution in [3.8, 4) is 0 Å². The van der Waals surface area contributed by atoms with Gasteiger partial charge in [-0.1, -0.05) is 35.9 Å². The molecule has 5 nitrogen and oxygen atoms in total. The maximum absolute atomic E-state index is 12.2. The number of nitro groups is 1. The van der Waals surface area contributed by atoms with Crippen LogP contribution in [0.5, 0.6) is 0 Å². The Kier molecular flexibility index (Phi) is 4.33. The molecule has 0 heterocycles. The summed E-state index contributed by atoms with van der Waals surface area (Å²) in [5.74, 6) is -0.308. The van der Waals surface area contributed by atoms with Crippen molar-refractivity contribution >= 4 is 11.6 Å². The second-order valence-corrected chi connectivity index (χ2v) is 4.88. The molecular formula is C16H16N2O3. The Labute approximate surface area is 122 Å². The molecule has 21 heavy (non-hydrogen) atoms. The van der Waals surface area contributed by atoms with Crippen LogP contribution in [0.2, 0.25) is 0 Å². The number of rotatable bonds is 4. The van der Waals surface area contributed by atoms with Gasteiger partial charge in [-0.05, 0) is 25.5 Å². The van der Waals surface area contributed by atoms with Gasteiger partial charge in [0.05, 0.1) is 4.92 Å². The lowest BCUT2D eigenvalue weighted by Gasteiger charge is -2.08. The predicted octanol–water partition coefficient (Wildman–Crippen LogP) is 3.14. The molecule has 0 fully saturated rings. The minimum Gasteiger partial charge on any atom is -0.348 e. The van der Waals surface area contributed by atoms with Gasteiger partial charge in [-0.3, -0.25) is 14.9 Å². The number of carbonyl (C=O) groups is 1. The van der Waals surface area contributed by atoms with E-state index in [1.54, 1.807) is 13.0 Å². The second kappa shape index (κ2) is 6.17. The summed E-state index contributed by atoms with van der Waals surface area (Å²) in [4.78, 5) is 22.6. The molecule has 0 aliphatic rings. The van der Waals surface area contributed by atoms with Crippen LogP contribution < -0.4 is 5.32 Å². The van der Waals surface area contributed by atoms with Crippen LogP contribution in [0.4, 0.5) is 5.69 Å². The highest BCUT2D eigenvalue weighted by Gasteiger charge is 2.17. The van der Waals surface area contributed by atoms with Gasteiger partial charge in [0, 0.05) is 23.7 Å². The van der Waals surface area contributed by atoms with Crippen LogP contribution in [0, 0.1) is 24.0 Å². The van der Waals surface area contributed by atoms with E-state index in [1.807, 2.05) is 31.2 Å². The lowest BCUT2D eigenvalue weighted by Crippen LogP contribution is -2.23. The number of amides is 1. The van der Waals surface area contributed by atoms with Gasteiger partial charge >= 0.3 is 0 Å². The van der Waals surface area contributed by atoms with Crippen molar-refractivity contribution in [2.75, 3.05) is 0 Å². The van der Waals surface area contributed by atoms with Crippen LogP contribution in [-0.2, 0) is 6.54 Å². The summed E-state index contributed by atoms with van der Waals surface area (Å²) in [5.41, 5.74) is 2.78. The zero-order chi connectivity index (χ0) is 15.4. The van der Waals surface area contributed by atoms with Crippen molar-refractivity contribution in [3.63, 3.8) is 0 Å². The third-order valence-electron chi connectivity index (χ3n) is 3.28. The number of aryl methyl sites for hydroxylation is 1. The SMILES string of the molecule is Cc1cccc(CNC(=O)c2cccc([N+](=O)[O-])c2C)c1. The minimum atomic E-state index is -0.479. The van der Waals surface area contributed by atoms with Gasteiger partial charge in [-0.15, -0.1) is 0 Å². The largest absolute Gasteiger partial charge is 0.348 e. The van der Waals surface area contributed by atoms with Crippen LogP contribution in [-0.4, -0.2) is 10.8 Å². The first-order chi connectivity index (χ1) is 9.99. The smallest absolute Gasteiger partial charge is 0.273 e. The third kappa shape index (κ3) is 3.45. The molecule has 2 aromatic carbocycles. The molecule has 5 heteroatoms. The standard InChI is InChI=1S/C16H16N2O3/c1-11-5-3-6-13(9-11)10-17-16(19)14-7-4-8-15(12(14)2)18(20)21/h3-9H,10H2,1-2H3,(H,17,19). The number of hydrogen-bond donors (Lipinski definition) is 1. The molecule has 0 aromatic heterocycles. The Morgan fingerprint density at radius 1 is 1.19 bits per heavy atom. The Morgan fingerprint density at radius 2 is 1.90 bits per heavy atom. The molecule has 0 aliphatic heterocycles. The molecule has 1 N–H and O–H groups in total. The number of nitrogens with one attached hydrogen (secondary N) is 1. The Hall–Kier alpha value is -2.69. The van der Waals surface area contributed by atoms with E-state index in [-0.39, 0.29) is 11.6 Å². The van der Waals surface area contributed by atoms with E-state index in [9.17, 15) is 14.9 Å². The van der Waals surface area contributed by atoms with E-state index in [1.165, 1.54) is 12.1 Å². The average Bonchev–Trinajstić information content (AvgIpc) is 2.45. The monoisotopic (exact) mass is 284 g/mol. The summed E-state index contributed by atoms with van der Waals surface area (Å²) in [6.07, 6.45) is 0. The molecule has 0 aliphatic carbocycles. The number of benzene rings is 2. The van der Waals surface area contributed by atoms with Crippen molar-refractivity contribution in [3.05, 3.63) is 74.8 Å². The van der Waals surface area contributed by atoms with Gasteiger partial charge in [0.2, 0.25) is 0 Å². The molecule has 0 unspecified atom stereocenters. The molecule has 0 bridgehead atoms. The maximum Gasteiger partial charge on any atom is 0.273 e. The van der Waals surface area contributed by atoms with Crippen LogP contribution in [0.3, 0.4) is 0 Å². The van der Waals surface area contributed by atoms with Crippen molar-refractivity contribution in [2.24, 2.45) is 0 Å². The average molecular weight is 284 g/mol. The highest BCUT2D eigenvalue weighted by atomic mass is 16.6. The van der Waals surface area contributed by atoms with Crippen LogP contribution >= 0.6 is 0 Å². The molecule has 0 radical (unpaired) electrons. The number of nitro benzene ring substituents is 1. The van der Waals surface area contributed by atoms with Crippen molar-refractivity contribution in [1.29, 1.82) is 0 Å². The fraction of sp³-hybridized carbons (Fsp3) is 0.188. The van der Waals surface area contributed by atoms with Crippen LogP contribution in [0.15, 0.2) is 42.5 Å². The molecule has 108 valence electrons. The van der Waals surface area contributed by atoms with Crippen LogP contribution in [0.1, 0.15) is 27.0 Å². The van der Waals surface area contributed by atoms with E-state index < -0.39 is 4.92 Å². The van der Waals surface area contributed by atoms with Crippen molar-refractivity contribution < 1.29 is 9.72 Å². The zero-order valence-corrected chi connectivity index (χ0v) is 11.9.